The molecule has 2 heterocycles. The molecular formula is C26H19Cl3N2O4. The van der Waals surface area contributed by atoms with Crippen molar-refractivity contribution in [3.8, 4) is 11.3 Å². The second kappa shape index (κ2) is 8.55. The average molecular weight is 530 g/mol. The van der Waals surface area contributed by atoms with Crippen LogP contribution in [0.15, 0.2) is 47.1 Å². The minimum atomic E-state index is -1.05. The van der Waals surface area contributed by atoms with Gasteiger partial charge in [0.15, 0.2) is 5.76 Å². The van der Waals surface area contributed by atoms with Gasteiger partial charge in [-0.3, -0.25) is 4.79 Å². The first kappa shape index (κ1) is 23.7. The number of nitrogens with zero attached hydrogens (tertiary/aromatic N) is 2. The lowest BCUT2D eigenvalue weighted by atomic mass is 9.92. The fraction of sp³-hybridized carbons (Fsp3) is 0.192. The van der Waals surface area contributed by atoms with Gasteiger partial charge in [0, 0.05) is 46.3 Å². The molecule has 2 aromatic carbocycles. The van der Waals surface area contributed by atoms with Crippen molar-refractivity contribution < 1.29 is 19.2 Å². The SMILES string of the molecule is Cn1cc(C(=O)c2c(-c3c(Cl)cc(Cl)cc3Cl)noc2C2(C)CC2)c2cccc(/C=C/C(=O)O)c21. The third kappa shape index (κ3) is 4.05. The van der Waals surface area contributed by atoms with E-state index in [1.807, 2.05) is 20.0 Å². The molecule has 9 heteroatoms. The molecule has 0 saturated heterocycles. The van der Waals surface area contributed by atoms with Crippen LogP contribution in [0.5, 0.6) is 0 Å². The van der Waals surface area contributed by atoms with Crippen LogP contribution >= 0.6 is 34.8 Å². The summed E-state index contributed by atoms with van der Waals surface area (Å²) < 4.78 is 7.57. The summed E-state index contributed by atoms with van der Waals surface area (Å²) in [5.41, 5.74) is 2.50. The molecule has 0 unspecified atom stereocenters. The van der Waals surface area contributed by atoms with E-state index in [9.17, 15) is 9.59 Å². The molecule has 1 N–H and O–H groups in total. The van der Waals surface area contributed by atoms with Gasteiger partial charge < -0.3 is 14.2 Å². The van der Waals surface area contributed by atoms with Crippen LogP contribution in [-0.4, -0.2) is 26.6 Å². The predicted molar refractivity (Wildman–Crippen MR) is 137 cm³/mol. The number of benzene rings is 2. The van der Waals surface area contributed by atoms with Crippen molar-refractivity contribution in [2.45, 2.75) is 25.2 Å². The van der Waals surface area contributed by atoms with Crippen molar-refractivity contribution in [3.05, 3.63) is 80.1 Å². The molecule has 1 aliphatic carbocycles. The summed E-state index contributed by atoms with van der Waals surface area (Å²) in [5.74, 6) is -0.837. The van der Waals surface area contributed by atoms with Gasteiger partial charge in [-0.05, 0) is 36.6 Å². The van der Waals surface area contributed by atoms with Crippen molar-refractivity contribution >= 4 is 63.5 Å². The first-order chi connectivity index (χ1) is 16.6. The summed E-state index contributed by atoms with van der Waals surface area (Å²) in [6.07, 6.45) is 6.03. The van der Waals surface area contributed by atoms with Gasteiger partial charge in [0.25, 0.3) is 0 Å². The zero-order chi connectivity index (χ0) is 25.1. The average Bonchev–Trinajstić information content (AvgIpc) is 3.23. The second-order valence-electron chi connectivity index (χ2n) is 8.94. The number of hydrogen-bond donors (Lipinski definition) is 1. The van der Waals surface area contributed by atoms with Gasteiger partial charge in [-0.2, -0.15) is 0 Å². The van der Waals surface area contributed by atoms with Crippen molar-refractivity contribution in [2.24, 2.45) is 7.05 Å². The van der Waals surface area contributed by atoms with Gasteiger partial charge in [-0.15, -0.1) is 0 Å². The van der Waals surface area contributed by atoms with Gasteiger partial charge in [-0.1, -0.05) is 65.1 Å². The maximum atomic E-state index is 14.2. The minimum Gasteiger partial charge on any atom is -0.478 e. The molecule has 5 rings (SSSR count). The van der Waals surface area contributed by atoms with Gasteiger partial charge in [0.05, 0.1) is 21.1 Å². The molecule has 178 valence electrons. The Balaban J connectivity index is 1.73. The van der Waals surface area contributed by atoms with Crippen LogP contribution in [0, 0.1) is 0 Å². The first-order valence-electron chi connectivity index (χ1n) is 10.8. The van der Waals surface area contributed by atoms with Crippen LogP contribution < -0.4 is 0 Å². The quantitative estimate of drug-likeness (QED) is 0.211. The third-order valence-corrected chi connectivity index (χ3v) is 7.21. The van der Waals surface area contributed by atoms with Crippen molar-refractivity contribution in [3.63, 3.8) is 0 Å². The molecule has 6 nitrogen and oxygen atoms in total. The summed E-state index contributed by atoms with van der Waals surface area (Å²) in [4.78, 5) is 25.2. The monoisotopic (exact) mass is 528 g/mol. The van der Waals surface area contributed by atoms with Crippen molar-refractivity contribution in [1.82, 2.24) is 9.72 Å². The van der Waals surface area contributed by atoms with Crippen LogP contribution in [0.1, 0.15) is 47.0 Å². The lowest BCUT2D eigenvalue weighted by molar-refractivity contribution is -0.131. The Kier molecular flexibility index (Phi) is 5.79. The molecule has 0 spiro atoms. The van der Waals surface area contributed by atoms with Crippen LogP contribution in [-0.2, 0) is 17.3 Å². The van der Waals surface area contributed by atoms with Gasteiger partial charge >= 0.3 is 5.97 Å². The van der Waals surface area contributed by atoms with E-state index in [0.29, 0.717) is 38.4 Å². The number of fused-ring (bicyclic) bond motifs is 1. The Morgan fingerprint density at radius 1 is 1.17 bits per heavy atom. The van der Waals surface area contributed by atoms with Gasteiger partial charge in [0.1, 0.15) is 5.69 Å². The lowest BCUT2D eigenvalue weighted by Crippen LogP contribution is -2.10. The topological polar surface area (TPSA) is 85.3 Å². The summed E-state index contributed by atoms with van der Waals surface area (Å²) >= 11 is 19.1. The zero-order valence-electron chi connectivity index (χ0n) is 18.7. The molecule has 35 heavy (non-hydrogen) atoms. The molecule has 2 aromatic heterocycles. The Morgan fingerprint density at radius 3 is 2.49 bits per heavy atom. The Labute approximate surface area is 215 Å². The molecular weight excluding hydrogens is 511 g/mol. The van der Waals surface area contributed by atoms with E-state index in [-0.39, 0.29) is 26.9 Å². The number of rotatable bonds is 6. The van der Waals surface area contributed by atoms with E-state index < -0.39 is 5.97 Å². The number of carbonyl (C=O) groups excluding carboxylic acids is 1. The van der Waals surface area contributed by atoms with E-state index in [2.05, 4.69) is 5.16 Å². The number of carbonyl (C=O) groups is 2. The Hall–Kier alpha value is -3.06. The molecule has 0 radical (unpaired) electrons. The van der Waals surface area contributed by atoms with Gasteiger partial charge in [-0.25, -0.2) is 4.79 Å². The third-order valence-electron chi connectivity index (χ3n) is 6.39. The molecule has 1 aliphatic rings. The molecule has 0 amide bonds. The highest BCUT2D eigenvalue weighted by Gasteiger charge is 2.47. The minimum absolute atomic E-state index is 0.261. The summed E-state index contributed by atoms with van der Waals surface area (Å²) in [6, 6.07) is 8.50. The maximum absolute atomic E-state index is 14.2. The fourth-order valence-corrected chi connectivity index (χ4v) is 5.37. The summed E-state index contributed by atoms with van der Waals surface area (Å²) in [7, 11) is 1.81. The Bertz CT molecular complexity index is 1540. The fourth-order valence-electron chi connectivity index (χ4n) is 4.38. The van der Waals surface area contributed by atoms with E-state index in [4.69, 9.17) is 44.4 Å². The number of carboxylic acid groups (broad SMARTS) is 1. The molecule has 1 saturated carbocycles. The number of aliphatic carboxylic acids is 1. The maximum Gasteiger partial charge on any atom is 0.328 e. The highest BCUT2D eigenvalue weighted by atomic mass is 35.5. The lowest BCUT2D eigenvalue weighted by Gasteiger charge is -2.10. The van der Waals surface area contributed by atoms with Crippen LogP contribution in [0.25, 0.3) is 28.2 Å². The van der Waals surface area contributed by atoms with Crippen molar-refractivity contribution in [1.29, 1.82) is 0 Å². The van der Waals surface area contributed by atoms with Crippen molar-refractivity contribution in [2.75, 3.05) is 0 Å². The van der Waals surface area contributed by atoms with Crippen LogP contribution in [0.2, 0.25) is 15.1 Å². The number of aryl methyl sites for hydroxylation is 1. The normalized spacial score (nSPS) is 14.7. The summed E-state index contributed by atoms with van der Waals surface area (Å²) in [6.45, 7) is 2.02. The number of halogens is 3. The van der Waals surface area contributed by atoms with E-state index in [1.54, 1.807) is 35.0 Å². The highest BCUT2D eigenvalue weighted by molar-refractivity contribution is 6.42. The summed E-state index contributed by atoms with van der Waals surface area (Å²) in [5, 5.41) is 14.9. The largest absolute Gasteiger partial charge is 0.478 e. The molecule has 0 bridgehead atoms. The van der Waals surface area contributed by atoms with E-state index >= 15 is 0 Å². The highest BCUT2D eigenvalue weighted by Crippen LogP contribution is 2.52. The zero-order valence-corrected chi connectivity index (χ0v) is 21.0. The number of carboxylic acids is 1. The van der Waals surface area contributed by atoms with E-state index in [1.165, 1.54) is 6.08 Å². The number of aromatic nitrogens is 2. The van der Waals surface area contributed by atoms with Gasteiger partial charge in [0.2, 0.25) is 5.78 Å². The van der Waals surface area contributed by atoms with E-state index in [0.717, 1.165) is 24.4 Å². The predicted octanol–water partition coefficient (Wildman–Crippen LogP) is 7.17. The number of ketones is 1. The van der Waals surface area contributed by atoms with Crippen LogP contribution in [0.4, 0.5) is 0 Å². The molecule has 0 aliphatic heterocycles. The molecule has 0 atom stereocenters. The number of para-hydroxylation sites is 1. The molecule has 1 fully saturated rings. The first-order valence-corrected chi connectivity index (χ1v) is 11.9. The van der Waals surface area contributed by atoms with Crippen LogP contribution in [0.3, 0.4) is 0 Å². The molecule has 4 aromatic rings. The number of hydrogen-bond acceptors (Lipinski definition) is 4. The standard InChI is InChI=1S/C26H19Cl3N2O4/c1-26(8-9-26)25-21(22(30-35-25)20-17(28)10-14(27)11-18(20)29)24(34)16-12-31(2)23-13(6-7-19(32)33)4-3-5-15(16)23/h3-7,10-12H,8-9H2,1-2H3,(H,32,33)/b7-6+. The second-order valence-corrected chi connectivity index (χ2v) is 10.2. The smallest absolute Gasteiger partial charge is 0.328 e. The Morgan fingerprint density at radius 2 is 1.86 bits per heavy atom.